The maximum absolute atomic E-state index is 4.48. The number of unbranched alkanes of at least 4 members (excludes halogenated alkanes) is 2. The van der Waals surface area contributed by atoms with Gasteiger partial charge in [0.2, 0.25) is 5.82 Å². The van der Waals surface area contributed by atoms with E-state index in [1.54, 1.807) is 4.80 Å². The van der Waals surface area contributed by atoms with Gasteiger partial charge in [-0.15, -0.1) is 10.2 Å². The van der Waals surface area contributed by atoms with Crippen LogP contribution < -0.4 is 0 Å². The van der Waals surface area contributed by atoms with Crippen LogP contribution in [0.1, 0.15) is 51.9 Å². The van der Waals surface area contributed by atoms with E-state index in [-0.39, 0.29) is 0 Å². The van der Waals surface area contributed by atoms with E-state index in [0.29, 0.717) is 0 Å². The molecule has 1 aliphatic rings. The number of tetrazole rings is 1. The molecule has 5 nitrogen and oxygen atoms in total. The van der Waals surface area contributed by atoms with Crippen molar-refractivity contribution in [3.05, 3.63) is 30.3 Å². The van der Waals surface area contributed by atoms with E-state index in [2.05, 4.69) is 27.2 Å². The van der Waals surface area contributed by atoms with Gasteiger partial charge in [-0.1, -0.05) is 50.1 Å². The normalized spacial score (nSPS) is 18.8. The molecule has 1 aliphatic heterocycles. The Morgan fingerprint density at radius 3 is 2.71 bits per heavy atom. The minimum atomic E-state index is 0.717. The van der Waals surface area contributed by atoms with Crippen molar-refractivity contribution in [1.82, 2.24) is 25.1 Å². The number of nitrogens with zero attached hydrogens (tertiary/aromatic N) is 5. The lowest BCUT2D eigenvalue weighted by Crippen LogP contribution is -2.39. The molecule has 1 fully saturated rings. The quantitative estimate of drug-likeness (QED) is 0.692. The van der Waals surface area contributed by atoms with Gasteiger partial charge in [-0.25, -0.2) is 0 Å². The van der Waals surface area contributed by atoms with Crippen molar-refractivity contribution < 1.29 is 0 Å². The summed E-state index contributed by atoms with van der Waals surface area (Å²) in [6, 6.07) is 10.9. The summed E-state index contributed by atoms with van der Waals surface area (Å²) in [5, 5.41) is 12.8. The summed E-state index contributed by atoms with van der Waals surface area (Å²) in [5.74, 6) is 0.717. The fourth-order valence-corrected chi connectivity index (χ4v) is 3.60. The summed E-state index contributed by atoms with van der Waals surface area (Å²) < 4.78 is 0. The first kappa shape index (κ1) is 17.1. The van der Waals surface area contributed by atoms with Crippen molar-refractivity contribution in [2.75, 3.05) is 13.1 Å². The van der Waals surface area contributed by atoms with Gasteiger partial charge in [0.1, 0.15) is 0 Å². The minimum Gasteiger partial charge on any atom is -0.300 e. The molecule has 1 saturated heterocycles. The highest BCUT2D eigenvalue weighted by Crippen LogP contribution is 2.20. The molecule has 0 bridgehead atoms. The van der Waals surface area contributed by atoms with E-state index in [0.717, 1.165) is 30.4 Å². The van der Waals surface area contributed by atoms with Crippen LogP contribution in [0.15, 0.2) is 30.3 Å². The molecule has 3 rings (SSSR count). The third kappa shape index (κ3) is 4.63. The molecule has 0 N–H and O–H groups in total. The lowest BCUT2D eigenvalue weighted by atomic mass is 9.99. The second kappa shape index (κ2) is 8.92. The Balaban J connectivity index is 1.37. The van der Waals surface area contributed by atoms with Crippen LogP contribution in [0.5, 0.6) is 0 Å². The molecule has 1 aromatic heterocycles. The Morgan fingerprint density at radius 2 is 1.88 bits per heavy atom. The number of benzene rings is 1. The van der Waals surface area contributed by atoms with Gasteiger partial charge in [-0.2, -0.15) is 4.80 Å². The average molecular weight is 327 g/mol. The number of hydrogen-bond acceptors (Lipinski definition) is 4. The molecule has 2 aromatic rings. The van der Waals surface area contributed by atoms with Crippen LogP contribution in [0.2, 0.25) is 0 Å². The van der Waals surface area contributed by atoms with Crippen molar-refractivity contribution in [1.29, 1.82) is 0 Å². The van der Waals surface area contributed by atoms with Gasteiger partial charge in [-0.3, -0.25) is 0 Å². The Hall–Kier alpha value is -1.75. The summed E-state index contributed by atoms with van der Waals surface area (Å²) in [4.78, 5) is 4.43. The first-order chi connectivity index (χ1) is 11.9. The molecule has 2 heterocycles. The minimum absolute atomic E-state index is 0.717. The zero-order valence-electron chi connectivity index (χ0n) is 14.8. The highest BCUT2D eigenvalue weighted by Gasteiger charge is 2.19. The molecule has 0 radical (unpaired) electrons. The highest BCUT2D eigenvalue weighted by molar-refractivity contribution is 5.52. The fourth-order valence-electron chi connectivity index (χ4n) is 3.60. The van der Waals surface area contributed by atoms with Crippen molar-refractivity contribution in [3.8, 4) is 11.4 Å². The topological polar surface area (TPSA) is 46.8 Å². The zero-order valence-corrected chi connectivity index (χ0v) is 14.8. The van der Waals surface area contributed by atoms with Crippen molar-refractivity contribution in [3.63, 3.8) is 0 Å². The Kier molecular flexibility index (Phi) is 6.35. The third-order valence-corrected chi connectivity index (χ3v) is 5.01. The van der Waals surface area contributed by atoms with E-state index in [4.69, 9.17) is 0 Å². The second-order valence-electron chi connectivity index (χ2n) is 6.73. The highest BCUT2D eigenvalue weighted by atomic mass is 15.6. The molecule has 5 heteroatoms. The molecule has 0 spiro atoms. The number of rotatable bonds is 8. The molecule has 1 atom stereocenters. The summed E-state index contributed by atoms with van der Waals surface area (Å²) in [6.45, 7) is 5.73. The maximum atomic E-state index is 4.48. The lowest BCUT2D eigenvalue weighted by Gasteiger charge is -2.35. The maximum Gasteiger partial charge on any atom is 0.204 e. The summed E-state index contributed by atoms with van der Waals surface area (Å²) >= 11 is 0. The molecule has 1 unspecified atom stereocenters. The van der Waals surface area contributed by atoms with Crippen LogP contribution in [0.25, 0.3) is 11.4 Å². The standard InChI is InChI=1S/C19H29N5/c1-2-18-13-7-10-15-23(18)14-8-4-9-16-24-21-19(20-22-24)17-11-5-3-6-12-17/h3,5-6,11-12,18H,2,4,7-10,13-16H2,1H3. The molecule has 1 aromatic carbocycles. The van der Waals surface area contributed by atoms with Crippen molar-refractivity contribution >= 4 is 0 Å². The van der Waals surface area contributed by atoms with E-state index in [9.17, 15) is 0 Å². The summed E-state index contributed by atoms with van der Waals surface area (Å²) in [7, 11) is 0. The molecular weight excluding hydrogens is 298 g/mol. The van der Waals surface area contributed by atoms with Gasteiger partial charge >= 0.3 is 0 Å². The first-order valence-electron chi connectivity index (χ1n) is 9.44. The number of aryl methyl sites for hydroxylation is 1. The smallest absolute Gasteiger partial charge is 0.204 e. The van der Waals surface area contributed by atoms with Gasteiger partial charge in [0, 0.05) is 11.6 Å². The SMILES string of the molecule is CCC1CCCCN1CCCCCn1nnc(-c2ccccc2)n1. The van der Waals surface area contributed by atoms with Crippen LogP contribution in [-0.2, 0) is 6.54 Å². The van der Waals surface area contributed by atoms with Gasteiger partial charge in [-0.05, 0) is 50.4 Å². The predicted molar refractivity (Wildman–Crippen MR) is 96.6 cm³/mol. The molecule has 0 saturated carbocycles. The van der Waals surface area contributed by atoms with Crippen LogP contribution >= 0.6 is 0 Å². The largest absolute Gasteiger partial charge is 0.300 e. The molecule has 0 amide bonds. The number of likely N-dealkylation sites (tertiary alicyclic amines) is 1. The monoisotopic (exact) mass is 327 g/mol. The van der Waals surface area contributed by atoms with Gasteiger partial charge in [0.05, 0.1) is 6.54 Å². The van der Waals surface area contributed by atoms with E-state index >= 15 is 0 Å². The predicted octanol–water partition coefficient (Wildman–Crippen LogP) is 3.77. The summed E-state index contributed by atoms with van der Waals surface area (Å²) in [5.41, 5.74) is 1.03. The fraction of sp³-hybridized carbons (Fsp3) is 0.632. The van der Waals surface area contributed by atoms with E-state index < -0.39 is 0 Å². The Labute approximate surface area is 145 Å². The number of aromatic nitrogens is 4. The Bertz CT molecular complexity index is 595. The molecule has 0 aliphatic carbocycles. The molecule has 24 heavy (non-hydrogen) atoms. The first-order valence-corrected chi connectivity index (χ1v) is 9.44. The molecule has 130 valence electrons. The van der Waals surface area contributed by atoms with Crippen LogP contribution in [0, 0.1) is 0 Å². The lowest BCUT2D eigenvalue weighted by molar-refractivity contribution is 0.141. The van der Waals surface area contributed by atoms with Crippen molar-refractivity contribution in [2.45, 2.75) is 64.5 Å². The van der Waals surface area contributed by atoms with E-state index in [1.807, 2.05) is 30.3 Å². The van der Waals surface area contributed by atoms with Gasteiger partial charge < -0.3 is 4.90 Å². The average Bonchev–Trinajstić information content (AvgIpc) is 3.11. The van der Waals surface area contributed by atoms with Crippen LogP contribution in [0.3, 0.4) is 0 Å². The van der Waals surface area contributed by atoms with Crippen molar-refractivity contribution in [2.24, 2.45) is 0 Å². The molecular formula is C19H29N5. The zero-order chi connectivity index (χ0) is 16.6. The van der Waals surface area contributed by atoms with Gasteiger partial charge in [0.25, 0.3) is 0 Å². The van der Waals surface area contributed by atoms with Crippen LogP contribution in [-0.4, -0.2) is 44.2 Å². The number of piperidine rings is 1. The summed E-state index contributed by atoms with van der Waals surface area (Å²) in [6.07, 6.45) is 9.10. The third-order valence-electron chi connectivity index (χ3n) is 5.01. The number of hydrogen-bond donors (Lipinski definition) is 0. The van der Waals surface area contributed by atoms with Gasteiger partial charge in [0.15, 0.2) is 0 Å². The Morgan fingerprint density at radius 1 is 1.04 bits per heavy atom. The van der Waals surface area contributed by atoms with E-state index in [1.165, 1.54) is 51.6 Å². The second-order valence-corrected chi connectivity index (χ2v) is 6.73. The van der Waals surface area contributed by atoms with Crippen LogP contribution in [0.4, 0.5) is 0 Å².